The summed E-state index contributed by atoms with van der Waals surface area (Å²) in [7, 11) is 0. The van der Waals surface area contributed by atoms with Gasteiger partial charge in [-0.1, -0.05) is 43.0 Å². The van der Waals surface area contributed by atoms with Crippen LogP contribution in [0.1, 0.15) is 63.9 Å². The molecule has 28 heavy (non-hydrogen) atoms. The van der Waals surface area contributed by atoms with Crippen molar-refractivity contribution in [3.63, 3.8) is 0 Å². The van der Waals surface area contributed by atoms with Crippen molar-refractivity contribution in [3.8, 4) is 0 Å². The molecule has 0 aliphatic heterocycles. The Morgan fingerprint density at radius 1 is 1.18 bits per heavy atom. The minimum Gasteiger partial charge on any atom is -0.455 e. The van der Waals surface area contributed by atoms with Gasteiger partial charge in [0, 0.05) is 11.1 Å². The Morgan fingerprint density at radius 2 is 1.89 bits per heavy atom. The average molecular weight is 404 g/mol. The molecule has 1 amide bonds. The Kier molecular flexibility index (Phi) is 5.69. The zero-order chi connectivity index (χ0) is 19.7. The molecule has 0 spiro atoms. The van der Waals surface area contributed by atoms with Crippen molar-refractivity contribution in [1.82, 2.24) is 5.32 Å². The number of hydrogen-bond acceptors (Lipinski definition) is 3. The molecule has 5 heteroatoms. The summed E-state index contributed by atoms with van der Waals surface area (Å²) in [5.74, 6) is 1.72. The number of carbonyl (C=O) groups is 2. The summed E-state index contributed by atoms with van der Waals surface area (Å²) < 4.78 is 5.52. The Hall–Kier alpha value is -1.55. The molecule has 4 nitrogen and oxygen atoms in total. The first-order chi connectivity index (χ1) is 13.5. The molecule has 1 aromatic rings. The van der Waals surface area contributed by atoms with E-state index < -0.39 is 5.41 Å². The van der Waals surface area contributed by atoms with Crippen LogP contribution >= 0.6 is 11.6 Å². The van der Waals surface area contributed by atoms with Crippen molar-refractivity contribution >= 4 is 23.5 Å². The number of ether oxygens (including phenoxy) is 1. The number of benzene rings is 1. The van der Waals surface area contributed by atoms with E-state index in [4.69, 9.17) is 16.3 Å². The molecule has 3 fully saturated rings. The van der Waals surface area contributed by atoms with Gasteiger partial charge in [0.05, 0.1) is 5.41 Å². The van der Waals surface area contributed by atoms with E-state index in [9.17, 15) is 9.59 Å². The van der Waals surface area contributed by atoms with Crippen LogP contribution in [0.2, 0.25) is 5.02 Å². The molecule has 3 saturated carbocycles. The van der Waals surface area contributed by atoms with Crippen LogP contribution in [-0.2, 0) is 19.7 Å². The highest BCUT2D eigenvalue weighted by molar-refractivity contribution is 6.30. The largest absolute Gasteiger partial charge is 0.455 e. The first kappa shape index (κ1) is 19.8. The summed E-state index contributed by atoms with van der Waals surface area (Å²) >= 11 is 6.00. The number of rotatable bonds is 6. The second kappa shape index (κ2) is 8.06. The summed E-state index contributed by atoms with van der Waals surface area (Å²) in [5.41, 5.74) is 0.302. The van der Waals surface area contributed by atoms with Gasteiger partial charge < -0.3 is 10.1 Å². The zero-order valence-corrected chi connectivity index (χ0v) is 17.3. The van der Waals surface area contributed by atoms with Crippen LogP contribution in [0.15, 0.2) is 24.3 Å². The maximum absolute atomic E-state index is 13.0. The second-order valence-corrected chi connectivity index (χ2v) is 9.50. The SMILES string of the molecule is C[C@H](NC(=O)COC(=O)C1(c2ccc(Cl)cc2)CCCC1)[C@@H]1C[C@H]2CC[C@H]1C2. The van der Waals surface area contributed by atoms with Gasteiger partial charge in [0.2, 0.25) is 0 Å². The number of carbonyl (C=O) groups excluding carboxylic acids is 2. The highest BCUT2D eigenvalue weighted by atomic mass is 35.5. The topological polar surface area (TPSA) is 55.4 Å². The Balaban J connectivity index is 1.33. The van der Waals surface area contributed by atoms with Gasteiger partial charge in [-0.05, 0) is 74.5 Å². The van der Waals surface area contributed by atoms with E-state index in [-0.39, 0.29) is 24.5 Å². The lowest BCUT2D eigenvalue weighted by molar-refractivity contribution is -0.154. The molecular formula is C23H30ClNO3. The minimum absolute atomic E-state index is 0.151. The van der Waals surface area contributed by atoms with Gasteiger partial charge in [-0.25, -0.2) is 0 Å². The van der Waals surface area contributed by atoms with Crippen LogP contribution in [0.4, 0.5) is 0 Å². The predicted octanol–water partition coefficient (Wildman–Crippen LogP) is 4.64. The van der Waals surface area contributed by atoms with Crippen molar-refractivity contribution in [2.45, 2.75) is 69.7 Å². The Bertz CT molecular complexity index is 726. The molecule has 1 N–H and O–H groups in total. The van der Waals surface area contributed by atoms with Crippen molar-refractivity contribution in [2.75, 3.05) is 6.61 Å². The predicted molar refractivity (Wildman–Crippen MR) is 109 cm³/mol. The lowest BCUT2D eigenvalue weighted by Crippen LogP contribution is -2.43. The molecule has 0 aromatic heterocycles. The number of halogens is 1. The first-order valence-electron chi connectivity index (χ1n) is 10.7. The van der Waals surface area contributed by atoms with E-state index in [0.29, 0.717) is 10.9 Å². The van der Waals surface area contributed by atoms with E-state index in [1.54, 1.807) is 0 Å². The average Bonchev–Trinajstić information content (AvgIpc) is 3.43. The molecule has 0 heterocycles. The molecule has 3 aliphatic carbocycles. The van der Waals surface area contributed by atoms with Gasteiger partial charge in [-0.2, -0.15) is 0 Å². The normalized spacial score (nSPS) is 28.9. The molecule has 152 valence electrons. The van der Waals surface area contributed by atoms with Crippen LogP contribution in [0.25, 0.3) is 0 Å². The minimum atomic E-state index is -0.638. The van der Waals surface area contributed by atoms with Crippen LogP contribution in [0, 0.1) is 17.8 Å². The van der Waals surface area contributed by atoms with E-state index in [2.05, 4.69) is 12.2 Å². The number of fused-ring (bicyclic) bond motifs is 2. The number of nitrogens with one attached hydrogen (secondary N) is 1. The van der Waals surface area contributed by atoms with Crippen molar-refractivity contribution in [3.05, 3.63) is 34.9 Å². The fraction of sp³-hybridized carbons (Fsp3) is 0.652. The fourth-order valence-corrected chi connectivity index (χ4v) is 6.06. The van der Waals surface area contributed by atoms with Crippen LogP contribution in [0.3, 0.4) is 0 Å². The third-order valence-corrected chi connectivity index (χ3v) is 7.65. The number of amides is 1. The molecule has 0 saturated heterocycles. The lowest BCUT2D eigenvalue weighted by Gasteiger charge is -2.29. The third-order valence-electron chi connectivity index (χ3n) is 7.40. The van der Waals surface area contributed by atoms with Crippen LogP contribution in [-0.4, -0.2) is 24.5 Å². The highest BCUT2D eigenvalue weighted by Gasteiger charge is 2.45. The van der Waals surface area contributed by atoms with E-state index in [1.807, 2.05) is 24.3 Å². The molecule has 0 unspecified atom stereocenters. The zero-order valence-electron chi connectivity index (χ0n) is 16.6. The molecule has 0 radical (unpaired) electrons. The fourth-order valence-electron chi connectivity index (χ4n) is 5.94. The maximum Gasteiger partial charge on any atom is 0.317 e. The van der Waals surface area contributed by atoms with Crippen LogP contribution in [0.5, 0.6) is 0 Å². The van der Waals surface area contributed by atoms with E-state index in [1.165, 1.54) is 25.7 Å². The quantitative estimate of drug-likeness (QED) is 0.704. The smallest absolute Gasteiger partial charge is 0.317 e. The van der Waals surface area contributed by atoms with E-state index >= 15 is 0 Å². The second-order valence-electron chi connectivity index (χ2n) is 9.07. The Morgan fingerprint density at radius 3 is 2.50 bits per heavy atom. The highest BCUT2D eigenvalue weighted by Crippen LogP contribution is 2.49. The van der Waals surface area contributed by atoms with Crippen LogP contribution < -0.4 is 5.32 Å². The molecule has 1 aromatic carbocycles. The van der Waals surface area contributed by atoms with Gasteiger partial charge in [0.25, 0.3) is 5.91 Å². The number of esters is 1. The molecule has 4 atom stereocenters. The Labute approximate surface area is 172 Å². The molecule has 3 aliphatic rings. The third kappa shape index (κ3) is 3.80. The molecular weight excluding hydrogens is 374 g/mol. The summed E-state index contributed by atoms with van der Waals surface area (Å²) in [6.07, 6.45) is 8.71. The standard InChI is InChI=1S/C23H30ClNO3/c1-15(20-13-16-4-5-17(20)12-16)25-21(26)14-28-22(27)23(10-2-3-11-23)18-6-8-19(24)9-7-18/h6-9,15-17,20H,2-5,10-14H2,1H3,(H,25,26)/t15-,16-,17-,20-/m0/s1. The monoisotopic (exact) mass is 403 g/mol. The summed E-state index contributed by atoms with van der Waals surface area (Å²) in [4.78, 5) is 25.4. The summed E-state index contributed by atoms with van der Waals surface area (Å²) in [6, 6.07) is 7.60. The van der Waals surface area contributed by atoms with Crippen molar-refractivity contribution in [2.24, 2.45) is 17.8 Å². The number of hydrogen-bond donors (Lipinski definition) is 1. The van der Waals surface area contributed by atoms with Gasteiger partial charge in [0.15, 0.2) is 6.61 Å². The van der Waals surface area contributed by atoms with Gasteiger partial charge in [-0.15, -0.1) is 0 Å². The molecule has 4 rings (SSSR count). The first-order valence-corrected chi connectivity index (χ1v) is 11.1. The van der Waals surface area contributed by atoms with Crippen molar-refractivity contribution < 1.29 is 14.3 Å². The van der Waals surface area contributed by atoms with E-state index in [0.717, 1.165) is 43.1 Å². The van der Waals surface area contributed by atoms with Gasteiger partial charge in [0.1, 0.15) is 0 Å². The summed E-state index contributed by atoms with van der Waals surface area (Å²) in [5, 5.41) is 3.73. The van der Waals surface area contributed by atoms with Crippen molar-refractivity contribution in [1.29, 1.82) is 0 Å². The van der Waals surface area contributed by atoms with Gasteiger partial charge >= 0.3 is 5.97 Å². The lowest BCUT2D eigenvalue weighted by atomic mass is 9.79. The summed E-state index contributed by atoms with van der Waals surface area (Å²) in [6.45, 7) is 1.90. The van der Waals surface area contributed by atoms with Gasteiger partial charge in [-0.3, -0.25) is 9.59 Å². The maximum atomic E-state index is 13.0. The molecule has 2 bridgehead atoms.